The molecule has 0 radical (unpaired) electrons. The van der Waals surface area contributed by atoms with E-state index in [9.17, 15) is 10.1 Å². The number of fused-ring (bicyclic) bond motifs is 3. The van der Waals surface area contributed by atoms with Crippen LogP contribution in [0.15, 0.2) is 36.7 Å². The maximum Gasteiger partial charge on any atom is 0.233 e. The highest BCUT2D eigenvalue weighted by molar-refractivity contribution is 6.03. The summed E-state index contributed by atoms with van der Waals surface area (Å²) in [5.74, 6) is 1.14. The molecular formula is C23H23N7O2. The third-order valence-electron chi connectivity index (χ3n) is 5.95. The fourth-order valence-electron chi connectivity index (χ4n) is 4.45. The van der Waals surface area contributed by atoms with Crippen molar-refractivity contribution in [3.05, 3.63) is 48.0 Å². The molecule has 1 fully saturated rings. The molecule has 1 aliphatic heterocycles. The van der Waals surface area contributed by atoms with Gasteiger partial charge < -0.3 is 14.6 Å². The van der Waals surface area contributed by atoms with Gasteiger partial charge >= 0.3 is 0 Å². The first-order chi connectivity index (χ1) is 15.5. The molecule has 1 aromatic carbocycles. The van der Waals surface area contributed by atoms with Crippen LogP contribution < -0.4 is 5.32 Å². The molecule has 4 aromatic rings. The van der Waals surface area contributed by atoms with E-state index in [4.69, 9.17) is 9.72 Å². The number of rotatable bonds is 4. The standard InChI is InChI=1S/C23H23N7O2/c1-14-9-16(6-8-32-14)30-21(11-22(31)28-20-5-7-26-29(20)2)27-19-13-25-18-4-3-15(12-24)10-17(18)23(19)30/h3-5,7,10,13-14,16H,6,8-9,11H2,1-2H3,(H,28,31)/t14-,16-/m1/s1. The first-order valence-corrected chi connectivity index (χ1v) is 10.6. The summed E-state index contributed by atoms with van der Waals surface area (Å²) >= 11 is 0. The summed E-state index contributed by atoms with van der Waals surface area (Å²) in [6.07, 6.45) is 5.26. The molecule has 1 amide bonds. The molecule has 4 heterocycles. The van der Waals surface area contributed by atoms with Gasteiger partial charge in [0.1, 0.15) is 17.2 Å². The van der Waals surface area contributed by atoms with Crippen LogP contribution in [0, 0.1) is 11.3 Å². The number of hydrogen-bond donors (Lipinski definition) is 1. The molecule has 3 aromatic heterocycles. The molecule has 9 heteroatoms. The van der Waals surface area contributed by atoms with Crippen LogP contribution in [0.1, 0.15) is 37.2 Å². The van der Waals surface area contributed by atoms with Gasteiger partial charge in [-0.3, -0.25) is 14.5 Å². The monoisotopic (exact) mass is 429 g/mol. The highest BCUT2D eigenvalue weighted by atomic mass is 16.5. The van der Waals surface area contributed by atoms with Gasteiger partial charge in [0.2, 0.25) is 5.91 Å². The molecule has 1 saturated heterocycles. The van der Waals surface area contributed by atoms with Gasteiger partial charge in [-0.05, 0) is 38.0 Å². The van der Waals surface area contributed by atoms with Crippen molar-refractivity contribution >= 4 is 33.7 Å². The van der Waals surface area contributed by atoms with Gasteiger partial charge in [0, 0.05) is 31.1 Å². The number of anilines is 1. The number of benzene rings is 1. The predicted octanol–water partition coefficient (Wildman–Crippen LogP) is 3.11. The molecule has 32 heavy (non-hydrogen) atoms. The number of amides is 1. The summed E-state index contributed by atoms with van der Waals surface area (Å²) in [6, 6.07) is 9.57. The van der Waals surface area contributed by atoms with Gasteiger partial charge in [-0.1, -0.05) is 0 Å². The van der Waals surface area contributed by atoms with Gasteiger partial charge in [0.25, 0.3) is 0 Å². The van der Waals surface area contributed by atoms with E-state index in [-0.39, 0.29) is 24.5 Å². The molecule has 5 rings (SSSR count). The van der Waals surface area contributed by atoms with Gasteiger partial charge in [-0.25, -0.2) is 4.98 Å². The van der Waals surface area contributed by atoms with Crippen LogP contribution in [-0.4, -0.2) is 42.9 Å². The Hall–Kier alpha value is -3.77. The van der Waals surface area contributed by atoms with Gasteiger partial charge in [0.15, 0.2) is 0 Å². The summed E-state index contributed by atoms with van der Waals surface area (Å²) in [7, 11) is 1.78. The van der Waals surface area contributed by atoms with Crippen molar-refractivity contribution in [1.82, 2.24) is 24.3 Å². The Bertz CT molecular complexity index is 1360. The first kappa shape index (κ1) is 20.2. The molecule has 162 valence electrons. The number of hydrogen-bond acceptors (Lipinski definition) is 6. The number of carbonyl (C=O) groups excluding carboxylic acids is 1. The number of carbonyl (C=O) groups is 1. The molecule has 0 saturated carbocycles. The number of nitriles is 1. The van der Waals surface area contributed by atoms with Crippen molar-refractivity contribution in [2.45, 2.75) is 38.3 Å². The van der Waals surface area contributed by atoms with Crippen molar-refractivity contribution in [3.63, 3.8) is 0 Å². The number of aromatic nitrogens is 5. The van der Waals surface area contributed by atoms with E-state index in [1.165, 1.54) is 0 Å². The van der Waals surface area contributed by atoms with E-state index in [1.54, 1.807) is 36.3 Å². The maximum absolute atomic E-state index is 12.9. The lowest BCUT2D eigenvalue weighted by atomic mass is 10.0. The summed E-state index contributed by atoms with van der Waals surface area (Å²) in [5, 5.41) is 17.3. The Labute approximate surface area is 184 Å². The molecule has 9 nitrogen and oxygen atoms in total. The Morgan fingerprint density at radius 3 is 2.97 bits per heavy atom. The summed E-state index contributed by atoms with van der Waals surface area (Å²) < 4.78 is 9.55. The van der Waals surface area contributed by atoms with E-state index in [0.29, 0.717) is 23.8 Å². The first-order valence-electron chi connectivity index (χ1n) is 10.6. The second-order valence-corrected chi connectivity index (χ2v) is 8.16. The Morgan fingerprint density at radius 1 is 1.34 bits per heavy atom. The Kier molecular flexibility index (Phi) is 5.07. The SMILES string of the molecule is C[C@@H]1C[C@H](n2c(CC(=O)Nc3ccnn3C)nc3cnc4ccc(C#N)cc4c32)CCO1. The third kappa shape index (κ3) is 3.59. The Balaban J connectivity index is 1.63. The lowest BCUT2D eigenvalue weighted by molar-refractivity contribution is -0.115. The molecule has 0 bridgehead atoms. The fraction of sp³-hybridized carbons (Fsp3) is 0.348. The van der Waals surface area contributed by atoms with Gasteiger partial charge in [0.05, 0.1) is 47.6 Å². The molecule has 0 unspecified atom stereocenters. The number of pyridine rings is 1. The van der Waals surface area contributed by atoms with Crippen LogP contribution >= 0.6 is 0 Å². The smallest absolute Gasteiger partial charge is 0.233 e. The largest absolute Gasteiger partial charge is 0.378 e. The molecule has 0 spiro atoms. The zero-order valence-electron chi connectivity index (χ0n) is 17.9. The average molecular weight is 429 g/mol. The van der Waals surface area contributed by atoms with E-state index >= 15 is 0 Å². The second-order valence-electron chi connectivity index (χ2n) is 8.16. The number of ether oxygens (including phenoxy) is 1. The number of nitrogens with one attached hydrogen (secondary N) is 1. The van der Waals surface area contributed by atoms with Crippen LogP contribution in [0.2, 0.25) is 0 Å². The Morgan fingerprint density at radius 2 is 2.22 bits per heavy atom. The van der Waals surface area contributed by atoms with Crippen molar-refractivity contribution in [2.24, 2.45) is 7.05 Å². The predicted molar refractivity (Wildman–Crippen MR) is 119 cm³/mol. The molecule has 0 aliphatic carbocycles. The summed E-state index contributed by atoms with van der Waals surface area (Å²) in [5.41, 5.74) is 2.99. The zero-order valence-corrected chi connectivity index (χ0v) is 17.9. The minimum absolute atomic E-state index is 0.116. The van der Waals surface area contributed by atoms with Crippen molar-refractivity contribution < 1.29 is 9.53 Å². The molecular weight excluding hydrogens is 406 g/mol. The highest BCUT2D eigenvalue weighted by Gasteiger charge is 2.27. The van der Waals surface area contributed by atoms with Crippen molar-refractivity contribution in [2.75, 3.05) is 11.9 Å². The number of aryl methyl sites for hydroxylation is 1. The van der Waals surface area contributed by atoms with Crippen LogP contribution in [0.25, 0.3) is 21.9 Å². The second kappa shape index (κ2) is 8.05. The normalized spacial score (nSPS) is 18.7. The van der Waals surface area contributed by atoms with Gasteiger partial charge in [-0.2, -0.15) is 10.4 Å². The quantitative estimate of drug-likeness (QED) is 0.534. The zero-order chi connectivity index (χ0) is 22.2. The van der Waals surface area contributed by atoms with Crippen molar-refractivity contribution in [1.29, 1.82) is 5.26 Å². The fourth-order valence-corrected chi connectivity index (χ4v) is 4.45. The third-order valence-corrected chi connectivity index (χ3v) is 5.95. The van der Waals surface area contributed by atoms with Crippen LogP contribution in [0.3, 0.4) is 0 Å². The minimum Gasteiger partial charge on any atom is -0.378 e. The minimum atomic E-state index is -0.166. The average Bonchev–Trinajstić information content (AvgIpc) is 3.36. The van der Waals surface area contributed by atoms with Crippen molar-refractivity contribution in [3.8, 4) is 6.07 Å². The van der Waals surface area contributed by atoms with Gasteiger partial charge in [-0.15, -0.1) is 0 Å². The van der Waals surface area contributed by atoms with Crippen LogP contribution in [0.4, 0.5) is 5.82 Å². The lowest BCUT2D eigenvalue weighted by Gasteiger charge is -2.30. The van der Waals surface area contributed by atoms with E-state index < -0.39 is 0 Å². The summed E-state index contributed by atoms with van der Waals surface area (Å²) in [6.45, 7) is 2.71. The van der Waals surface area contributed by atoms with Crippen LogP contribution in [0.5, 0.6) is 0 Å². The number of imidazole rings is 1. The molecule has 1 aliphatic rings. The highest BCUT2D eigenvalue weighted by Crippen LogP contribution is 2.34. The number of nitrogens with zero attached hydrogens (tertiary/aromatic N) is 6. The lowest BCUT2D eigenvalue weighted by Crippen LogP contribution is -2.28. The van der Waals surface area contributed by atoms with E-state index in [1.807, 2.05) is 12.1 Å². The molecule has 2 atom stereocenters. The van der Waals surface area contributed by atoms with Crippen LogP contribution in [-0.2, 0) is 23.0 Å². The maximum atomic E-state index is 12.9. The van der Waals surface area contributed by atoms with E-state index in [2.05, 4.69) is 33.0 Å². The molecule has 1 N–H and O–H groups in total. The topological polar surface area (TPSA) is 111 Å². The summed E-state index contributed by atoms with van der Waals surface area (Å²) in [4.78, 5) is 22.2. The van der Waals surface area contributed by atoms with E-state index in [0.717, 1.165) is 34.8 Å².